The molecule has 0 radical (unpaired) electrons. The lowest BCUT2D eigenvalue weighted by atomic mass is 9.88. The van der Waals surface area contributed by atoms with Crippen LogP contribution in [0, 0.1) is 5.41 Å². The van der Waals surface area contributed by atoms with Crippen LogP contribution in [0.2, 0.25) is 0 Å². The zero-order valence-corrected chi connectivity index (χ0v) is 10.0. The lowest BCUT2D eigenvalue weighted by Gasteiger charge is -2.22. The number of thiophene rings is 1. The Hall–Kier alpha value is -0.380. The molecule has 1 heterocycles. The van der Waals surface area contributed by atoms with Crippen LogP contribution in [0.1, 0.15) is 44.5 Å². The first-order valence-electron chi connectivity index (χ1n) is 5.02. The van der Waals surface area contributed by atoms with Crippen molar-refractivity contribution in [2.75, 3.05) is 0 Å². The molecule has 0 aromatic carbocycles. The summed E-state index contributed by atoms with van der Waals surface area (Å²) in [6, 6.07) is 4.52. The third-order valence-corrected chi connectivity index (χ3v) is 3.26. The molecule has 3 heteroatoms. The molecular formula is C11H20N2S. The van der Waals surface area contributed by atoms with Crippen molar-refractivity contribution in [3.8, 4) is 0 Å². The fourth-order valence-electron chi connectivity index (χ4n) is 1.37. The van der Waals surface area contributed by atoms with Gasteiger partial charge in [0, 0.05) is 4.88 Å². The van der Waals surface area contributed by atoms with E-state index in [9.17, 15) is 0 Å². The van der Waals surface area contributed by atoms with Crippen LogP contribution in [0.25, 0.3) is 0 Å². The zero-order chi connectivity index (χ0) is 10.6. The van der Waals surface area contributed by atoms with Gasteiger partial charge >= 0.3 is 0 Å². The monoisotopic (exact) mass is 212 g/mol. The van der Waals surface area contributed by atoms with Gasteiger partial charge in [-0.05, 0) is 29.7 Å². The summed E-state index contributed by atoms with van der Waals surface area (Å²) >= 11 is 1.76. The minimum Gasteiger partial charge on any atom is -0.271 e. The largest absolute Gasteiger partial charge is 0.271 e. The van der Waals surface area contributed by atoms with Gasteiger partial charge in [0.05, 0.1) is 6.04 Å². The number of hydrogen-bond acceptors (Lipinski definition) is 3. The van der Waals surface area contributed by atoms with Crippen molar-refractivity contribution in [1.29, 1.82) is 0 Å². The van der Waals surface area contributed by atoms with Crippen LogP contribution in [0.3, 0.4) is 0 Å². The normalized spacial score (nSPS) is 14.3. The zero-order valence-electron chi connectivity index (χ0n) is 9.21. The molecule has 0 spiro atoms. The lowest BCUT2D eigenvalue weighted by Crippen LogP contribution is -2.28. The average Bonchev–Trinajstić information content (AvgIpc) is 2.56. The van der Waals surface area contributed by atoms with Gasteiger partial charge in [0.1, 0.15) is 0 Å². The van der Waals surface area contributed by atoms with Crippen LogP contribution >= 0.6 is 11.3 Å². The smallest absolute Gasteiger partial charge is 0.0553 e. The van der Waals surface area contributed by atoms with Gasteiger partial charge in [-0.15, -0.1) is 11.3 Å². The van der Waals surface area contributed by atoms with E-state index >= 15 is 0 Å². The predicted octanol–water partition coefficient (Wildman–Crippen LogP) is 3.08. The number of nitrogens with one attached hydrogen (secondary N) is 1. The van der Waals surface area contributed by atoms with Gasteiger partial charge in [0.2, 0.25) is 0 Å². The minimum absolute atomic E-state index is 0.314. The van der Waals surface area contributed by atoms with E-state index in [4.69, 9.17) is 5.84 Å². The van der Waals surface area contributed by atoms with E-state index in [0.29, 0.717) is 11.5 Å². The molecular weight excluding hydrogens is 192 g/mol. The van der Waals surface area contributed by atoms with Crippen molar-refractivity contribution < 1.29 is 0 Å². The maximum atomic E-state index is 5.55. The highest BCUT2D eigenvalue weighted by molar-refractivity contribution is 7.10. The van der Waals surface area contributed by atoms with E-state index in [1.54, 1.807) is 11.3 Å². The number of hydrogen-bond donors (Lipinski definition) is 2. The Bertz CT molecular complexity index is 249. The SMILES string of the molecule is CC(C)(C)CCC(NN)c1cccs1. The summed E-state index contributed by atoms with van der Waals surface area (Å²) in [5, 5.41) is 2.09. The first-order chi connectivity index (χ1) is 6.53. The molecule has 1 atom stereocenters. The van der Waals surface area contributed by atoms with Crippen molar-refractivity contribution in [2.24, 2.45) is 11.3 Å². The Labute approximate surface area is 90.5 Å². The molecule has 0 aliphatic rings. The van der Waals surface area contributed by atoms with E-state index < -0.39 is 0 Å². The third-order valence-electron chi connectivity index (χ3n) is 2.27. The maximum absolute atomic E-state index is 5.55. The van der Waals surface area contributed by atoms with Crippen LogP contribution in [0.5, 0.6) is 0 Å². The van der Waals surface area contributed by atoms with E-state index in [1.165, 1.54) is 11.3 Å². The highest BCUT2D eigenvalue weighted by atomic mass is 32.1. The molecule has 1 aromatic heterocycles. The van der Waals surface area contributed by atoms with E-state index in [0.717, 1.165) is 6.42 Å². The fourth-order valence-corrected chi connectivity index (χ4v) is 2.20. The van der Waals surface area contributed by atoms with E-state index in [-0.39, 0.29) is 0 Å². The molecule has 1 aromatic rings. The molecule has 0 bridgehead atoms. The topological polar surface area (TPSA) is 38.0 Å². The molecule has 1 unspecified atom stereocenters. The summed E-state index contributed by atoms with van der Waals surface area (Å²) in [5.74, 6) is 5.55. The van der Waals surface area contributed by atoms with Crippen LogP contribution in [-0.2, 0) is 0 Å². The molecule has 0 aliphatic carbocycles. The van der Waals surface area contributed by atoms with Gasteiger partial charge < -0.3 is 0 Å². The van der Waals surface area contributed by atoms with Crippen molar-refractivity contribution >= 4 is 11.3 Å². The van der Waals surface area contributed by atoms with E-state index in [1.807, 2.05) is 0 Å². The average molecular weight is 212 g/mol. The van der Waals surface area contributed by atoms with Crippen molar-refractivity contribution in [3.63, 3.8) is 0 Å². The second-order valence-electron chi connectivity index (χ2n) is 4.83. The quantitative estimate of drug-likeness (QED) is 0.594. The minimum atomic E-state index is 0.314. The molecule has 3 N–H and O–H groups in total. The van der Waals surface area contributed by atoms with Crippen LogP contribution in [0.4, 0.5) is 0 Å². The summed E-state index contributed by atoms with van der Waals surface area (Å²) in [6.45, 7) is 6.78. The number of hydrazine groups is 1. The lowest BCUT2D eigenvalue weighted by molar-refractivity contribution is 0.335. The second-order valence-corrected chi connectivity index (χ2v) is 5.81. The Kier molecular flexibility index (Phi) is 4.11. The van der Waals surface area contributed by atoms with Crippen LogP contribution < -0.4 is 11.3 Å². The molecule has 0 saturated carbocycles. The second kappa shape index (κ2) is 4.91. The van der Waals surface area contributed by atoms with E-state index in [2.05, 4.69) is 43.7 Å². The Morgan fingerprint density at radius 1 is 1.50 bits per heavy atom. The predicted molar refractivity (Wildman–Crippen MR) is 63.1 cm³/mol. The van der Waals surface area contributed by atoms with Crippen molar-refractivity contribution in [2.45, 2.75) is 39.7 Å². The molecule has 1 rings (SSSR count). The van der Waals surface area contributed by atoms with Gasteiger partial charge in [-0.25, -0.2) is 0 Å². The highest BCUT2D eigenvalue weighted by Gasteiger charge is 2.16. The standard InChI is InChI=1S/C11H20N2S/c1-11(2,3)7-6-9(13-12)10-5-4-8-14-10/h4-5,8-9,13H,6-7,12H2,1-3H3. The summed E-state index contributed by atoms with van der Waals surface area (Å²) < 4.78 is 0. The Balaban J connectivity index is 2.49. The van der Waals surface area contributed by atoms with Crippen LogP contribution in [0.15, 0.2) is 17.5 Å². The van der Waals surface area contributed by atoms with Crippen molar-refractivity contribution in [3.05, 3.63) is 22.4 Å². The fraction of sp³-hybridized carbons (Fsp3) is 0.636. The summed E-state index contributed by atoms with van der Waals surface area (Å²) in [5.41, 5.74) is 3.27. The van der Waals surface area contributed by atoms with Crippen molar-refractivity contribution in [1.82, 2.24) is 5.43 Å². The van der Waals surface area contributed by atoms with Crippen LogP contribution in [-0.4, -0.2) is 0 Å². The molecule has 2 nitrogen and oxygen atoms in total. The molecule has 0 aliphatic heterocycles. The molecule has 0 saturated heterocycles. The van der Waals surface area contributed by atoms with Gasteiger partial charge in [-0.2, -0.15) is 0 Å². The Morgan fingerprint density at radius 3 is 2.64 bits per heavy atom. The molecule has 14 heavy (non-hydrogen) atoms. The molecule has 0 amide bonds. The van der Waals surface area contributed by atoms with Gasteiger partial charge in [-0.1, -0.05) is 26.8 Å². The molecule has 0 fully saturated rings. The summed E-state index contributed by atoms with van der Waals surface area (Å²) in [7, 11) is 0. The summed E-state index contributed by atoms with van der Waals surface area (Å²) in [6.07, 6.45) is 2.28. The first-order valence-corrected chi connectivity index (χ1v) is 5.90. The molecule has 80 valence electrons. The summed E-state index contributed by atoms with van der Waals surface area (Å²) in [4.78, 5) is 1.33. The van der Waals surface area contributed by atoms with Gasteiger partial charge in [-0.3, -0.25) is 11.3 Å². The van der Waals surface area contributed by atoms with Gasteiger partial charge in [0.15, 0.2) is 0 Å². The highest BCUT2D eigenvalue weighted by Crippen LogP contribution is 2.28. The first kappa shape index (κ1) is 11.7. The maximum Gasteiger partial charge on any atom is 0.0553 e. The Morgan fingerprint density at radius 2 is 2.21 bits per heavy atom. The number of rotatable bonds is 4. The third kappa shape index (κ3) is 3.78. The van der Waals surface area contributed by atoms with Gasteiger partial charge in [0.25, 0.3) is 0 Å². The number of nitrogens with two attached hydrogens (primary N) is 1.